The molecule has 0 radical (unpaired) electrons. The van der Waals surface area contributed by atoms with Crippen molar-refractivity contribution in [2.45, 2.75) is 111 Å². The molecule has 10 atom stereocenters. The van der Waals surface area contributed by atoms with Crippen LogP contribution in [0.5, 0.6) is 5.75 Å². The summed E-state index contributed by atoms with van der Waals surface area (Å²) in [6, 6.07) is 7.92. The zero-order chi connectivity index (χ0) is 47.8. The molecule has 5 aliphatic heterocycles. The molecule has 9 rings (SSSR count). The lowest BCUT2D eigenvalue weighted by Gasteiger charge is -2.63. The summed E-state index contributed by atoms with van der Waals surface area (Å²) in [5, 5.41) is 26.4. The summed E-state index contributed by atoms with van der Waals surface area (Å²) in [5.74, 6) is -2.03. The summed E-state index contributed by atoms with van der Waals surface area (Å²) >= 11 is 1.53. The van der Waals surface area contributed by atoms with Crippen molar-refractivity contribution in [1.82, 2.24) is 14.8 Å². The van der Waals surface area contributed by atoms with E-state index in [9.17, 15) is 29.4 Å². The maximum Gasteiger partial charge on any atom is 0.344 e. The number of nitrogens with zero attached hydrogens (tertiary/aromatic N) is 3. The second-order valence-corrected chi connectivity index (χ2v) is 20.6. The van der Waals surface area contributed by atoms with Gasteiger partial charge in [-0.15, -0.1) is 11.8 Å². The van der Waals surface area contributed by atoms with Crippen LogP contribution in [0.15, 0.2) is 47.4 Å². The zero-order valence-corrected chi connectivity index (χ0v) is 40.2. The van der Waals surface area contributed by atoms with Gasteiger partial charge in [0.25, 0.3) is 0 Å². The van der Waals surface area contributed by atoms with E-state index in [1.54, 1.807) is 6.07 Å². The molecule has 3 fully saturated rings. The van der Waals surface area contributed by atoms with Crippen LogP contribution in [0, 0.1) is 11.3 Å². The summed E-state index contributed by atoms with van der Waals surface area (Å²) in [7, 11) is 5.42. The molecule has 1 unspecified atom stereocenters. The summed E-state index contributed by atoms with van der Waals surface area (Å²) in [6.07, 6.45) is 5.74. The number of hydrogen-bond acceptors (Lipinski definition) is 15. The summed E-state index contributed by atoms with van der Waals surface area (Å²) in [4.78, 5) is 79.6. The average Bonchev–Trinajstić information content (AvgIpc) is 4.00. The SMILES string of the molecule is CC[C@]1(O)C[C@H]2CN(CCc3c([nH]c4ccc(SCCC(=O)OC)cc34)[C@@](C(=O)OC)(c3cc4c(cc3OC)N(C=O)[C@H]3[C@@](O)(C(=O)OC)[C@H](OC(C)=O)[C@]5(CC)C=CCN6CC[C@]43[C@@H]65)C2)C1. The molecule has 360 valence electrons. The van der Waals surface area contributed by atoms with Crippen molar-refractivity contribution in [1.29, 1.82) is 0 Å². The number of aromatic nitrogens is 1. The third-order valence-corrected chi connectivity index (χ3v) is 17.4. The van der Waals surface area contributed by atoms with Gasteiger partial charge in [0.1, 0.15) is 11.2 Å². The van der Waals surface area contributed by atoms with Gasteiger partial charge in [-0.2, -0.15) is 0 Å². The van der Waals surface area contributed by atoms with Crippen molar-refractivity contribution in [3.8, 4) is 5.75 Å². The van der Waals surface area contributed by atoms with Crippen molar-refractivity contribution in [3.63, 3.8) is 0 Å². The Labute approximate surface area is 394 Å². The third-order valence-electron chi connectivity index (χ3n) is 16.4. The molecule has 1 aliphatic carbocycles. The van der Waals surface area contributed by atoms with Gasteiger partial charge in [0.2, 0.25) is 12.0 Å². The highest BCUT2D eigenvalue weighted by Crippen LogP contribution is 2.68. The first-order valence-corrected chi connectivity index (χ1v) is 24.3. The predicted molar refractivity (Wildman–Crippen MR) is 248 cm³/mol. The van der Waals surface area contributed by atoms with Crippen molar-refractivity contribution < 1.29 is 57.9 Å². The Bertz CT molecular complexity index is 2550. The molecule has 1 spiro atoms. The molecule has 17 heteroatoms. The molecule has 1 amide bonds. The van der Waals surface area contributed by atoms with Gasteiger partial charge < -0.3 is 43.8 Å². The van der Waals surface area contributed by atoms with E-state index in [2.05, 4.69) is 20.9 Å². The van der Waals surface area contributed by atoms with Crippen molar-refractivity contribution in [2.75, 3.05) is 71.8 Å². The number of H-pyrrole nitrogens is 1. The quantitative estimate of drug-likeness (QED) is 0.0769. The number of amides is 1. The number of fused-ring (bicyclic) bond motifs is 6. The van der Waals surface area contributed by atoms with Crippen LogP contribution in [0.4, 0.5) is 5.69 Å². The Morgan fingerprint density at radius 1 is 0.940 bits per heavy atom. The lowest BCUT2D eigenvalue weighted by atomic mass is 9.47. The van der Waals surface area contributed by atoms with Gasteiger partial charge >= 0.3 is 23.9 Å². The summed E-state index contributed by atoms with van der Waals surface area (Å²) in [6.45, 7) is 7.92. The molecule has 1 saturated carbocycles. The van der Waals surface area contributed by atoms with Crippen LogP contribution in [-0.2, 0) is 60.2 Å². The monoisotopic (exact) mass is 942 g/mol. The van der Waals surface area contributed by atoms with E-state index in [0.717, 1.165) is 21.4 Å². The molecular weight excluding hydrogens is 881 g/mol. The average molecular weight is 943 g/mol. The van der Waals surface area contributed by atoms with E-state index < -0.39 is 63.5 Å². The highest BCUT2D eigenvalue weighted by Gasteiger charge is 2.81. The van der Waals surface area contributed by atoms with Gasteiger partial charge in [0, 0.05) is 88.8 Å². The minimum atomic E-state index is -2.57. The predicted octanol–water partition coefficient (Wildman–Crippen LogP) is 4.17. The fourth-order valence-electron chi connectivity index (χ4n) is 13.8. The Balaban J connectivity index is 1.34. The van der Waals surface area contributed by atoms with Crippen LogP contribution >= 0.6 is 11.8 Å². The number of piperidine rings is 1. The lowest BCUT2D eigenvalue weighted by Crippen LogP contribution is -2.81. The minimum Gasteiger partial charge on any atom is -0.496 e. The number of rotatable bonds is 12. The number of hydrogen-bond donors (Lipinski definition) is 3. The van der Waals surface area contributed by atoms with E-state index in [-0.39, 0.29) is 30.5 Å². The van der Waals surface area contributed by atoms with Crippen LogP contribution in [0.25, 0.3) is 10.9 Å². The Hall–Kier alpha value is -4.94. The number of benzene rings is 2. The van der Waals surface area contributed by atoms with Crippen LogP contribution in [0.2, 0.25) is 0 Å². The summed E-state index contributed by atoms with van der Waals surface area (Å²) in [5.41, 5.74) is -3.71. The van der Waals surface area contributed by atoms with Gasteiger partial charge in [-0.3, -0.25) is 29.0 Å². The van der Waals surface area contributed by atoms with Crippen molar-refractivity contribution in [3.05, 3.63) is 64.9 Å². The zero-order valence-electron chi connectivity index (χ0n) is 39.3. The number of esters is 4. The second-order valence-electron chi connectivity index (χ2n) is 19.4. The Morgan fingerprint density at radius 3 is 2.39 bits per heavy atom. The van der Waals surface area contributed by atoms with E-state index in [0.29, 0.717) is 99.5 Å². The first kappa shape index (κ1) is 47.1. The van der Waals surface area contributed by atoms with E-state index in [1.165, 1.54) is 52.0 Å². The second kappa shape index (κ2) is 17.2. The number of aliphatic hydroxyl groups is 2. The van der Waals surface area contributed by atoms with E-state index in [4.69, 9.17) is 23.7 Å². The van der Waals surface area contributed by atoms with Crippen molar-refractivity contribution >= 4 is 58.6 Å². The van der Waals surface area contributed by atoms with Crippen LogP contribution in [0.3, 0.4) is 0 Å². The first-order valence-electron chi connectivity index (χ1n) is 23.3. The number of nitrogens with one attached hydrogen (secondary N) is 1. The van der Waals surface area contributed by atoms with Crippen LogP contribution < -0.4 is 9.64 Å². The number of aromatic amines is 1. The number of carbonyl (C=O) groups excluding carboxylic acids is 5. The molecular formula is C50H62N4O12S. The normalized spacial score (nSPS) is 33.8. The molecule has 67 heavy (non-hydrogen) atoms. The lowest BCUT2D eigenvalue weighted by molar-refractivity contribution is -0.228. The number of ether oxygens (including phenoxy) is 5. The molecule has 2 bridgehead atoms. The maximum atomic E-state index is 15.6. The van der Waals surface area contributed by atoms with Gasteiger partial charge in [0.15, 0.2) is 6.10 Å². The van der Waals surface area contributed by atoms with E-state index >= 15 is 4.79 Å². The Kier molecular flexibility index (Phi) is 12.1. The maximum absolute atomic E-state index is 15.6. The molecule has 3 N–H and O–H groups in total. The molecule has 2 aromatic carbocycles. The van der Waals surface area contributed by atoms with Gasteiger partial charge in [-0.25, -0.2) is 4.79 Å². The highest BCUT2D eigenvalue weighted by atomic mass is 32.2. The first-order chi connectivity index (χ1) is 32.1. The minimum absolute atomic E-state index is 0.208. The Morgan fingerprint density at radius 2 is 1.72 bits per heavy atom. The smallest absolute Gasteiger partial charge is 0.344 e. The largest absolute Gasteiger partial charge is 0.496 e. The summed E-state index contributed by atoms with van der Waals surface area (Å²) < 4.78 is 28.7. The number of carbonyl (C=O) groups is 5. The standard InChI is InChI=1S/C50H62N4O12S/c1-8-46(60)24-30-25-49(44(58)64-6,40-32(13-18-52(26-30)27-46)33-21-31(11-12-36(33)51-40)67-20-14-39(57)63-5)35-22-34-37(23-38(35)62-4)54(28-55)42-48(34)16-19-53-17-10-15-47(9-2,41(48)53)43(66-29(3)56)50(42,61)45(59)65-7/h10-12,15,21-23,28,30,41-43,51,60-61H,8-9,13-14,16-20,24-27H2,1-7H3/t30-,41+,42-,43-,46+,47-,48-,49+,50+/m1/s1. The van der Waals surface area contributed by atoms with Gasteiger partial charge in [-0.1, -0.05) is 26.0 Å². The van der Waals surface area contributed by atoms with Gasteiger partial charge in [-0.05, 0) is 86.4 Å². The topological polar surface area (TPSA) is 197 Å². The fourth-order valence-corrected chi connectivity index (χ4v) is 14.7. The number of anilines is 1. The molecule has 6 heterocycles. The fraction of sp³-hybridized carbons (Fsp3) is 0.580. The molecule has 1 aromatic heterocycles. The number of thioether (sulfide) groups is 1. The van der Waals surface area contributed by atoms with Gasteiger partial charge in [0.05, 0.1) is 52.2 Å². The molecule has 6 aliphatic rings. The molecule has 2 saturated heterocycles. The molecule has 16 nitrogen and oxygen atoms in total. The highest BCUT2D eigenvalue weighted by molar-refractivity contribution is 7.99. The molecule has 3 aromatic rings. The number of methoxy groups -OCH3 is 4. The third kappa shape index (κ3) is 6.79. The van der Waals surface area contributed by atoms with E-state index in [1.807, 2.05) is 44.2 Å². The van der Waals surface area contributed by atoms with Crippen LogP contribution in [0.1, 0.15) is 81.7 Å². The van der Waals surface area contributed by atoms with Crippen molar-refractivity contribution in [2.24, 2.45) is 11.3 Å². The van der Waals surface area contributed by atoms with Crippen LogP contribution in [-0.4, -0.2) is 152 Å².